The summed E-state index contributed by atoms with van der Waals surface area (Å²) >= 11 is 0. The lowest BCUT2D eigenvalue weighted by atomic mass is 9.96. The highest BCUT2D eigenvalue weighted by Gasteiger charge is 2.25. The molecule has 4 heteroatoms. The van der Waals surface area contributed by atoms with Crippen LogP contribution in [-0.4, -0.2) is 46.3 Å². The number of aliphatic hydroxyl groups is 1. The number of aromatic nitrogens is 1. The fourth-order valence-corrected chi connectivity index (χ4v) is 2.88. The summed E-state index contributed by atoms with van der Waals surface area (Å²) < 4.78 is 0. The van der Waals surface area contributed by atoms with Crippen molar-refractivity contribution in [2.75, 3.05) is 19.6 Å². The van der Waals surface area contributed by atoms with E-state index in [0.717, 1.165) is 51.9 Å². The highest BCUT2D eigenvalue weighted by Crippen LogP contribution is 2.17. The summed E-state index contributed by atoms with van der Waals surface area (Å²) in [6, 6.07) is 4.73. The van der Waals surface area contributed by atoms with Gasteiger partial charge in [-0.25, -0.2) is 0 Å². The van der Waals surface area contributed by atoms with E-state index in [-0.39, 0.29) is 0 Å². The number of nitrogens with one attached hydrogen (secondary N) is 1. The van der Waals surface area contributed by atoms with E-state index in [1.165, 1.54) is 5.56 Å². The molecule has 4 nitrogen and oxygen atoms in total. The molecule has 1 fully saturated rings. The summed E-state index contributed by atoms with van der Waals surface area (Å²) in [6.45, 7) is 8.09. The third-order valence-corrected chi connectivity index (χ3v) is 4.78. The van der Waals surface area contributed by atoms with Gasteiger partial charge in [0.25, 0.3) is 0 Å². The number of pyridine rings is 1. The molecule has 2 heterocycles. The molecular weight excluding hydrogens is 262 g/mol. The fourth-order valence-electron chi connectivity index (χ4n) is 2.88. The molecule has 0 atom stereocenters. The summed E-state index contributed by atoms with van der Waals surface area (Å²) in [5.41, 5.74) is 0.802. The number of piperidine rings is 1. The Bertz CT molecular complexity index is 398. The maximum Gasteiger partial charge on any atom is 0.0766 e. The van der Waals surface area contributed by atoms with Gasteiger partial charge in [0.1, 0.15) is 0 Å². The highest BCUT2D eigenvalue weighted by molar-refractivity contribution is 5.09. The van der Waals surface area contributed by atoms with Crippen LogP contribution in [0.1, 0.15) is 45.1 Å². The van der Waals surface area contributed by atoms with Crippen LogP contribution in [0.25, 0.3) is 0 Å². The molecule has 2 N–H and O–H groups in total. The lowest BCUT2D eigenvalue weighted by Crippen LogP contribution is -2.48. The molecule has 118 valence electrons. The Morgan fingerprint density at radius 3 is 2.43 bits per heavy atom. The Morgan fingerprint density at radius 1 is 1.24 bits per heavy atom. The minimum atomic E-state index is -0.534. The quantitative estimate of drug-likeness (QED) is 0.808. The van der Waals surface area contributed by atoms with Crippen LogP contribution in [0.2, 0.25) is 0 Å². The second kappa shape index (κ2) is 7.87. The summed E-state index contributed by atoms with van der Waals surface area (Å²) in [5.74, 6) is 0. The Labute approximate surface area is 128 Å². The molecule has 21 heavy (non-hydrogen) atoms. The summed E-state index contributed by atoms with van der Waals surface area (Å²) in [5, 5.41) is 13.9. The maximum atomic E-state index is 10.3. The molecule has 0 saturated carbocycles. The third-order valence-electron chi connectivity index (χ3n) is 4.78. The van der Waals surface area contributed by atoms with E-state index in [1.807, 2.05) is 12.4 Å². The highest BCUT2D eigenvalue weighted by atomic mass is 16.3. The van der Waals surface area contributed by atoms with E-state index in [1.54, 1.807) is 0 Å². The number of hydrogen-bond donors (Lipinski definition) is 2. The number of rotatable bonds is 7. The molecule has 1 aromatic rings. The lowest BCUT2D eigenvalue weighted by molar-refractivity contribution is 0.0271. The van der Waals surface area contributed by atoms with Crippen LogP contribution in [0.5, 0.6) is 0 Å². The zero-order valence-corrected chi connectivity index (χ0v) is 13.4. The molecule has 1 aliphatic rings. The van der Waals surface area contributed by atoms with Crippen molar-refractivity contribution in [1.29, 1.82) is 0 Å². The van der Waals surface area contributed by atoms with Crippen LogP contribution in [0.4, 0.5) is 0 Å². The standard InChI is InChI=1S/C17H29N3O/c1-3-17(21,4-2)14-19-16-7-11-20(12-8-16)13-15-5-9-18-10-6-15/h5-6,9-10,16,19,21H,3-4,7-8,11-14H2,1-2H3. The summed E-state index contributed by atoms with van der Waals surface area (Å²) in [4.78, 5) is 6.56. The molecule has 0 radical (unpaired) electrons. The molecule has 1 saturated heterocycles. The van der Waals surface area contributed by atoms with Crippen molar-refractivity contribution in [2.45, 2.75) is 57.7 Å². The Balaban J connectivity index is 1.71. The first-order valence-corrected chi connectivity index (χ1v) is 8.22. The van der Waals surface area contributed by atoms with Crippen LogP contribution >= 0.6 is 0 Å². The maximum absolute atomic E-state index is 10.3. The van der Waals surface area contributed by atoms with Crippen molar-refractivity contribution in [3.8, 4) is 0 Å². The van der Waals surface area contributed by atoms with Gasteiger partial charge in [0.15, 0.2) is 0 Å². The van der Waals surface area contributed by atoms with Gasteiger partial charge in [0.05, 0.1) is 5.60 Å². The predicted molar refractivity (Wildman–Crippen MR) is 86.1 cm³/mol. The van der Waals surface area contributed by atoms with E-state index in [2.05, 4.69) is 41.2 Å². The molecule has 0 unspecified atom stereocenters. The Morgan fingerprint density at radius 2 is 1.86 bits per heavy atom. The normalized spacial score (nSPS) is 18.0. The first-order valence-electron chi connectivity index (χ1n) is 8.22. The molecule has 1 aromatic heterocycles. The van der Waals surface area contributed by atoms with Gasteiger partial charge in [-0.15, -0.1) is 0 Å². The third kappa shape index (κ3) is 5.06. The van der Waals surface area contributed by atoms with E-state index in [0.29, 0.717) is 6.04 Å². The van der Waals surface area contributed by atoms with Gasteiger partial charge in [0, 0.05) is 31.5 Å². The minimum Gasteiger partial charge on any atom is -0.389 e. The molecule has 0 amide bonds. The number of hydrogen-bond acceptors (Lipinski definition) is 4. The van der Waals surface area contributed by atoms with Crippen molar-refractivity contribution in [1.82, 2.24) is 15.2 Å². The predicted octanol–water partition coefficient (Wildman–Crippen LogP) is 2.19. The van der Waals surface area contributed by atoms with Crippen LogP contribution in [-0.2, 0) is 6.54 Å². The van der Waals surface area contributed by atoms with Crippen LogP contribution in [0, 0.1) is 0 Å². The van der Waals surface area contributed by atoms with Crippen LogP contribution in [0.15, 0.2) is 24.5 Å². The van der Waals surface area contributed by atoms with Crippen molar-refractivity contribution >= 4 is 0 Å². The molecule has 1 aliphatic heterocycles. The van der Waals surface area contributed by atoms with E-state index in [4.69, 9.17) is 0 Å². The summed E-state index contributed by atoms with van der Waals surface area (Å²) in [7, 11) is 0. The van der Waals surface area contributed by atoms with Crippen molar-refractivity contribution in [2.24, 2.45) is 0 Å². The molecule has 0 bridgehead atoms. The fraction of sp³-hybridized carbons (Fsp3) is 0.706. The average molecular weight is 291 g/mol. The van der Waals surface area contributed by atoms with E-state index < -0.39 is 5.60 Å². The van der Waals surface area contributed by atoms with Crippen LogP contribution in [0.3, 0.4) is 0 Å². The first kappa shape index (κ1) is 16.4. The average Bonchev–Trinajstić information content (AvgIpc) is 2.55. The smallest absolute Gasteiger partial charge is 0.0766 e. The van der Waals surface area contributed by atoms with Crippen LogP contribution < -0.4 is 5.32 Å². The lowest BCUT2D eigenvalue weighted by Gasteiger charge is -2.35. The zero-order chi connectivity index (χ0) is 15.1. The number of nitrogens with zero attached hydrogens (tertiary/aromatic N) is 2. The van der Waals surface area contributed by atoms with Gasteiger partial charge in [-0.3, -0.25) is 9.88 Å². The Hall–Kier alpha value is -0.970. The molecule has 2 rings (SSSR count). The summed E-state index contributed by atoms with van der Waals surface area (Å²) in [6.07, 6.45) is 7.68. The van der Waals surface area contributed by atoms with Crippen molar-refractivity contribution in [3.05, 3.63) is 30.1 Å². The van der Waals surface area contributed by atoms with Crippen molar-refractivity contribution < 1.29 is 5.11 Å². The van der Waals surface area contributed by atoms with Gasteiger partial charge in [-0.2, -0.15) is 0 Å². The van der Waals surface area contributed by atoms with E-state index >= 15 is 0 Å². The van der Waals surface area contributed by atoms with Gasteiger partial charge in [0.2, 0.25) is 0 Å². The topological polar surface area (TPSA) is 48.4 Å². The molecule has 0 aromatic carbocycles. The molecule has 0 aliphatic carbocycles. The van der Waals surface area contributed by atoms with Gasteiger partial charge in [-0.05, 0) is 56.5 Å². The second-order valence-electron chi connectivity index (χ2n) is 6.22. The largest absolute Gasteiger partial charge is 0.389 e. The van der Waals surface area contributed by atoms with Gasteiger partial charge >= 0.3 is 0 Å². The Kier molecular flexibility index (Phi) is 6.15. The molecular formula is C17H29N3O. The van der Waals surface area contributed by atoms with Gasteiger partial charge in [-0.1, -0.05) is 13.8 Å². The van der Waals surface area contributed by atoms with Gasteiger partial charge < -0.3 is 10.4 Å². The monoisotopic (exact) mass is 291 g/mol. The first-order chi connectivity index (χ1) is 10.1. The molecule has 0 spiro atoms. The van der Waals surface area contributed by atoms with Crippen molar-refractivity contribution in [3.63, 3.8) is 0 Å². The second-order valence-corrected chi connectivity index (χ2v) is 6.22. The zero-order valence-electron chi connectivity index (χ0n) is 13.4. The number of likely N-dealkylation sites (tertiary alicyclic amines) is 1. The minimum absolute atomic E-state index is 0.534. The SMILES string of the molecule is CCC(O)(CC)CNC1CCN(Cc2ccncc2)CC1. The van der Waals surface area contributed by atoms with E-state index in [9.17, 15) is 5.11 Å².